The van der Waals surface area contributed by atoms with E-state index in [2.05, 4.69) is 30.8 Å². The quantitative estimate of drug-likeness (QED) is 0.669. The lowest BCUT2D eigenvalue weighted by atomic mass is 10.1. The summed E-state index contributed by atoms with van der Waals surface area (Å²) in [5.74, 6) is -0.566. The first-order valence-electron chi connectivity index (χ1n) is 7.36. The summed E-state index contributed by atoms with van der Waals surface area (Å²) in [5.41, 5.74) is 6.86. The molecule has 1 heterocycles. The maximum absolute atomic E-state index is 14.0. The van der Waals surface area contributed by atoms with Gasteiger partial charge in [-0.3, -0.25) is 0 Å². The third-order valence-electron chi connectivity index (χ3n) is 3.42. The normalized spacial score (nSPS) is 10.7. The minimum atomic E-state index is -1.10. The summed E-state index contributed by atoms with van der Waals surface area (Å²) in [6, 6.07) is 9.41. The van der Waals surface area contributed by atoms with Crippen LogP contribution in [-0.2, 0) is 11.3 Å². The molecule has 0 aliphatic rings. The van der Waals surface area contributed by atoms with Crippen molar-refractivity contribution in [3.8, 4) is 28.6 Å². The van der Waals surface area contributed by atoms with Gasteiger partial charge in [-0.1, -0.05) is 21.1 Å². The lowest BCUT2D eigenvalue weighted by Gasteiger charge is -2.04. The van der Waals surface area contributed by atoms with Crippen LogP contribution in [0.5, 0.6) is 5.75 Å². The zero-order valence-electron chi connectivity index (χ0n) is 13.5. The summed E-state index contributed by atoms with van der Waals surface area (Å²) in [5, 5.41) is 3.86. The summed E-state index contributed by atoms with van der Waals surface area (Å²) >= 11 is 3.44. The number of nitrogens with zero attached hydrogens (tertiary/aromatic N) is 2. The second kappa shape index (κ2) is 7.63. The van der Waals surface area contributed by atoms with Gasteiger partial charge < -0.3 is 19.7 Å². The molecule has 3 aromatic rings. The first kappa shape index (κ1) is 18.0. The number of benzene rings is 2. The average Bonchev–Trinajstić information content (AvgIpc) is 3.08. The van der Waals surface area contributed by atoms with Gasteiger partial charge in [0.25, 0.3) is 5.89 Å². The number of aromatic nitrogens is 2. The van der Waals surface area contributed by atoms with Crippen molar-refractivity contribution in [1.29, 1.82) is 0 Å². The van der Waals surface area contributed by atoms with Crippen molar-refractivity contribution in [3.05, 3.63) is 52.3 Å². The van der Waals surface area contributed by atoms with Crippen molar-refractivity contribution in [2.45, 2.75) is 6.61 Å². The van der Waals surface area contributed by atoms with Gasteiger partial charge in [0.2, 0.25) is 5.82 Å². The Balaban J connectivity index is 1.89. The molecule has 0 spiro atoms. The Bertz CT molecular complexity index is 961. The van der Waals surface area contributed by atoms with Gasteiger partial charge >= 0.3 is 6.09 Å². The lowest BCUT2D eigenvalue weighted by molar-refractivity contribution is 0.184. The highest BCUT2D eigenvalue weighted by Crippen LogP contribution is 2.28. The number of amides is 1. The number of ether oxygens (including phenoxy) is 2. The van der Waals surface area contributed by atoms with Crippen molar-refractivity contribution in [2.75, 3.05) is 7.11 Å². The van der Waals surface area contributed by atoms with E-state index in [4.69, 9.17) is 15.0 Å². The molecule has 0 bridgehead atoms. The van der Waals surface area contributed by atoms with Crippen molar-refractivity contribution in [3.63, 3.8) is 0 Å². The van der Waals surface area contributed by atoms with Crippen LogP contribution in [0.2, 0.25) is 0 Å². The summed E-state index contributed by atoms with van der Waals surface area (Å²) in [6.45, 7) is 0.419. The van der Waals surface area contributed by atoms with E-state index in [0.29, 0.717) is 17.7 Å². The highest BCUT2D eigenvalue weighted by Gasteiger charge is 2.15. The smallest absolute Gasteiger partial charge is 0.407 e. The van der Waals surface area contributed by atoms with Gasteiger partial charge in [0.05, 0.1) is 6.61 Å². The Labute approximate surface area is 156 Å². The van der Waals surface area contributed by atoms with E-state index < -0.39 is 11.9 Å². The van der Waals surface area contributed by atoms with Crippen LogP contribution in [0.15, 0.2) is 45.4 Å². The largest absolute Gasteiger partial charge is 0.410 e. The zero-order valence-corrected chi connectivity index (χ0v) is 15.1. The van der Waals surface area contributed by atoms with Crippen LogP contribution in [0.1, 0.15) is 5.56 Å². The number of methoxy groups -OCH3 is 1. The molecule has 26 heavy (non-hydrogen) atoms. The van der Waals surface area contributed by atoms with Crippen LogP contribution in [-0.4, -0.2) is 23.3 Å². The number of hydrogen-bond donors (Lipinski definition) is 1. The maximum atomic E-state index is 14.0. The SMILES string of the molecule is COCc1cc(-c2nc(-c3ccc(OC(N)=O)c(F)c3)no2)ccc1Br. The second-order valence-electron chi connectivity index (χ2n) is 5.23. The zero-order chi connectivity index (χ0) is 18.7. The van der Waals surface area contributed by atoms with Gasteiger partial charge in [-0.25, -0.2) is 9.18 Å². The number of carbonyl (C=O) groups is 1. The molecular weight excluding hydrogens is 409 g/mol. The van der Waals surface area contributed by atoms with Crippen molar-refractivity contribution >= 4 is 22.0 Å². The molecule has 134 valence electrons. The molecule has 3 rings (SSSR count). The predicted octanol–water partition coefficient (Wildman–Crippen LogP) is 3.91. The third-order valence-corrected chi connectivity index (χ3v) is 4.19. The van der Waals surface area contributed by atoms with Crippen LogP contribution in [0.3, 0.4) is 0 Å². The molecule has 0 aliphatic heterocycles. The summed E-state index contributed by atoms with van der Waals surface area (Å²) < 4.78 is 29.8. The van der Waals surface area contributed by atoms with Gasteiger partial charge in [0, 0.05) is 22.7 Å². The van der Waals surface area contributed by atoms with E-state index in [1.165, 1.54) is 12.1 Å². The minimum absolute atomic E-state index is 0.195. The fourth-order valence-electron chi connectivity index (χ4n) is 2.26. The van der Waals surface area contributed by atoms with Gasteiger partial charge in [-0.2, -0.15) is 4.98 Å². The molecule has 7 nitrogen and oxygen atoms in total. The highest BCUT2D eigenvalue weighted by molar-refractivity contribution is 9.10. The van der Waals surface area contributed by atoms with E-state index in [-0.39, 0.29) is 17.5 Å². The molecule has 0 saturated heterocycles. The Morgan fingerprint density at radius 1 is 1.27 bits per heavy atom. The van der Waals surface area contributed by atoms with E-state index in [1.54, 1.807) is 7.11 Å². The number of hydrogen-bond acceptors (Lipinski definition) is 6. The van der Waals surface area contributed by atoms with Crippen LogP contribution in [0.25, 0.3) is 22.8 Å². The summed E-state index contributed by atoms with van der Waals surface area (Å²) in [4.78, 5) is 15.0. The van der Waals surface area contributed by atoms with Gasteiger partial charge in [-0.05, 0) is 42.0 Å². The van der Waals surface area contributed by atoms with Gasteiger partial charge in [0.15, 0.2) is 11.6 Å². The van der Waals surface area contributed by atoms with Crippen molar-refractivity contribution in [1.82, 2.24) is 10.1 Å². The van der Waals surface area contributed by atoms with Crippen LogP contribution < -0.4 is 10.5 Å². The van der Waals surface area contributed by atoms with E-state index in [9.17, 15) is 9.18 Å². The third kappa shape index (κ3) is 3.89. The molecule has 2 aromatic carbocycles. The predicted molar refractivity (Wildman–Crippen MR) is 93.8 cm³/mol. The van der Waals surface area contributed by atoms with Crippen LogP contribution >= 0.6 is 15.9 Å². The number of primary amides is 1. The standard InChI is InChI=1S/C17H13BrFN3O4/c1-24-8-11-6-10(2-4-12(11)18)16-21-15(22-26-16)9-3-5-14(13(19)7-9)25-17(20)23/h2-7H,8H2,1H3,(H2,20,23). The molecule has 1 amide bonds. The topological polar surface area (TPSA) is 100 Å². The van der Waals surface area contributed by atoms with Crippen molar-refractivity contribution in [2.24, 2.45) is 5.73 Å². The molecule has 1 aromatic heterocycles. The average molecular weight is 422 g/mol. The molecule has 0 aliphatic carbocycles. The molecule has 0 unspecified atom stereocenters. The Hall–Kier alpha value is -2.78. The Morgan fingerprint density at radius 3 is 2.73 bits per heavy atom. The molecule has 9 heteroatoms. The van der Waals surface area contributed by atoms with E-state index >= 15 is 0 Å². The van der Waals surface area contributed by atoms with Crippen molar-refractivity contribution < 1.29 is 23.2 Å². The van der Waals surface area contributed by atoms with E-state index in [1.807, 2.05) is 18.2 Å². The highest BCUT2D eigenvalue weighted by atomic mass is 79.9. The van der Waals surface area contributed by atoms with Crippen LogP contribution in [0.4, 0.5) is 9.18 Å². The number of halogens is 2. The second-order valence-corrected chi connectivity index (χ2v) is 6.08. The number of nitrogens with two attached hydrogens (primary N) is 1. The maximum Gasteiger partial charge on any atom is 0.410 e. The summed E-state index contributed by atoms with van der Waals surface area (Å²) in [6.07, 6.45) is -1.10. The first-order chi connectivity index (χ1) is 12.5. The molecule has 0 radical (unpaired) electrons. The lowest BCUT2D eigenvalue weighted by Crippen LogP contribution is -2.16. The number of rotatable bonds is 5. The number of carbonyl (C=O) groups excluding carboxylic acids is 1. The fourth-order valence-corrected chi connectivity index (χ4v) is 2.62. The molecule has 2 N–H and O–H groups in total. The minimum Gasteiger partial charge on any atom is -0.407 e. The van der Waals surface area contributed by atoms with Gasteiger partial charge in [0.1, 0.15) is 0 Å². The fraction of sp³-hybridized carbons (Fsp3) is 0.118. The molecular formula is C17H13BrFN3O4. The molecule has 0 fully saturated rings. The molecule has 0 saturated carbocycles. The Kier molecular flexibility index (Phi) is 5.29. The summed E-state index contributed by atoms with van der Waals surface area (Å²) in [7, 11) is 1.60. The van der Waals surface area contributed by atoms with Crippen LogP contribution in [0, 0.1) is 5.82 Å². The molecule has 0 atom stereocenters. The Morgan fingerprint density at radius 2 is 2.04 bits per heavy atom. The monoisotopic (exact) mass is 421 g/mol. The first-order valence-corrected chi connectivity index (χ1v) is 8.16. The van der Waals surface area contributed by atoms with E-state index in [0.717, 1.165) is 16.1 Å². The van der Waals surface area contributed by atoms with Gasteiger partial charge in [-0.15, -0.1) is 0 Å².